The number of nitrogens with zero attached hydrogens (tertiary/aromatic N) is 2. The Morgan fingerprint density at radius 3 is 2.68 bits per heavy atom. The Hall–Kier alpha value is -3.96. The maximum atomic E-state index is 12.9. The lowest BCUT2D eigenvalue weighted by atomic mass is 10.1. The van der Waals surface area contributed by atoms with Crippen molar-refractivity contribution in [3.05, 3.63) is 118 Å². The molecule has 0 atom stereocenters. The summed E-state index contributed by atoms with van der Waals surface area (Å²) in [4.78, 5) is 17.6. The average Bonchev–Trinajstić information content (AvgIpc) is 3.44. The molecule has 2 aromatic heterocycles. The molecule has 1 N–H and O–H groups in total. The monoisotopic (exact) mass is 463 g/mol. The zero-order valence-electron chi connectivity index (χ0n) is 19.2. The Kier molecular flexibility index (Phi) is 6.11. The van der Waals surface area contributed by atoms with Crippen LogP contribution < -0.4 is 5.32 Å². The van der Waals surface area contributed by atoms with Crippen molar-refractivity contribution in [1.29, 1.82) is 0 Å². The van der Waals surface area contributed by atoms with Gasteiger partial charge in [0.1, 0.15) is 5.00 Å². The number of thiophene rings is 1. The number of aromatic nitrogens is 1. The average molecular weight is 464 g/mol. The van der Waals surface area contributed by atoms with Gasteiger partial charge in [-0.25, -0.2) is 4.99 Å². The summed E-state index contributed by atoms with van der Waals surface area (Å²) in [5.41, 5.74) is 7.12. The number of rotatable bonds is 6. The number of hydrogen-bond acceptors (Lipinski definition) is 3. The summed E-state index contributed by atoms with van der Waals surface area (Å²) >= 11 is 1.46. The van der Waals surface area contributed by atoms with Crippen molar-refractivity contribution in [3.63, 3.8) is 0 Å². The molecule has 1 amide bonds. The van der Waals surface area contributed by atoms with E-state index in [1.165, 1.54) is 22.5 Å². The van der Waals surface area contributed by atoms with Gasteiger partial charge in [0, 0.05) is 41.1 Å². The molecule has 4 nitrogen and oxygen atoms in total. The molecule has 0 aliphatic rings. The van der Waals surface area contributed by atoms with E-state index in [9.17, 15) is 4.79 Å². The first-order chi connectivity index (χ1) is 16.6. The number of fused-ring (bicyclic) bond motifs is 1. The predicted molar refractivity (Wildman–Crippen MR) is 143 cm³/mol. The summed E-state index contributed by atoms with van der Waals surface area (Å²) in [5.74, 6) is -0.149. The number of amides is 1. The van der Waals surface area contributed by atoms with E-state index >= 15 is 0 Å². The highest BCUT2D eigenvalue weighted by atomic mass is 32.1. The highest BCUT2D eigenvalue weighted by Gasteiger charge is 2.14. The topological polar surface area (TPSA) is 46.4 Å². The summed E-state index contributed by atoms with van der Waals surface area (Å²) in [6.07, 6.45) is 4.00. The third-order valence-electron chi connectivity index (χ3n) is 5.86. The van der Waals surface area contributed by atoms with E-state index in [-0.39, 0.29) is 5.91 Å². The Bertz CT molecular complexity index is 1510. The molecule has 0 aliphatic heterocycles. The molecule has 2 heterocycles. The van der Waals surface area contributed by atoms with Gasteiger partial charge in [0.25, 0.3) is 5.91 Å². The van der Waals surface area contributed by atoms with Gasteiger partial charge < -0.3 is 9.88 Å². The minimum absolute atomic E-state index is 0.149. The summed E-state index contributed by atoms with van der Waals surface area (Å²) in [5, 5.41) is 6.75. The van der Waals surface area contributed by atoms with Crippen LogP contribution >= 0.6 is 11.3 Å². The molecular formula is C29H25N3OS. The summed E-state index contributed by atoms with van der Waals surface area (Å²) in [6, 6.07) is 26.5. The van der Waals surface area contributed by atoms with E-state index in [2.05, 4.69) is 65.5 Å². The van der Waals surface area contributed by atoms with E-state index in [1.54, 1.807) is 0 Å². The predicted octanol–water partition coefficient (Wildman–Crippen LogP) is 7.37. The van der Waals surface area contributed by atoms with Crippen LogP contribution in [0.25, 0.3) is 10.9 Å². The fourth-order valence-corrected chi connectivity index (χ4v) is 4.86. The summed E-state index contributed by atoms with van der Waals surface area (Å²) in [7, 11) is 0. The van der Waals surface area contributed by atoms with Crippen LogP contribution in [0.5, 0.6) is 0 Å². The minimum Gasteiger partial charge on any atom is -0.342 e. The molecular weight excluding hydrogens is 438 g/mol. The van der Waals surface area contributed by atoms with Crippen molar-refractivity contribution in [2.45, 2.75) is 20.4 Å². The molecule has 0 fully saturated rings. The third kappa shape index (κ3) is 4.56. The molecule has 168 valence electrons. The number of para-hydroxylation sites is 2. The van der Waals surface area contributed by atoms with Crippen molar-refractivity contribution < 1.29 is 4.79 Å². The second kappa shape index (κ2) is 9.49. The Morgan fingerprint density at radius 2 is 1.82 bits per heavy atom. The van der Waals surface area contributed by atoms with Crippen LogP contribution in [-0.4, -0.2) is 16.7 Å². The third-order valence-corrected chi connectivity index (χ3v) is 6.68. The zero-order valence-corrected chi connectivity index (χ0v) is 20.0. The van der Waals surface area contributed by atoms with Crippen molar-refractivity contribution >= 4 is 45.0 Å². The molecule has 5 aromatic rings. The van der Waals surface area contributed by atoms with Gasteiger partial charge in [0.05, 0.1) is 5.56 Å². The molecule has 0 aliphatic carbocycles. The molecule has 5 rings (SSSR count). The van der Waals surface area contributed by atoms with Gasteiger partial charge in [-0.1, -0.05) is 66.2 Å². The van der Waals surface area contributed by atoms with Crippen LogP contribution in [0.3, 0.4) is 0 Å². The maximum Gasteiger partial charge on any atom is 0.258 e. The van der Waals surface area contributed by atoms with E-state index < -0.39 is 0 Å². The fourth-order valence-electron chi connectivity index (χ4n) is 4.12. The normalized spacial score (nSPS) is 11.4. The van der Waals surface area contributed by atoms with E-state index in [1.807, 2.05) is 54.9 Å². The molecule has 0 saturated carbocycles. The van der Waals surface area contributed by atoms with Crippen LogP contribution in [0.1, 0.15) is 32.6 Å². The number of carbonyl (C=O) groups is 1. The lowest BCUT2D eigenvalue weighted by Gasteiger charge is -2.07. The van der Waals surface area contributed by atoms with Crippen LogP contribution in [-0.2, 0) is 6.54 Å². The molecule has 5 heteroatoms. The van der Waals surface area contributed by atoms with Gasteiger partial charge >= 0.3 is 0 Å². The van der Waals surface area contributed by atoms with Crippen molar-refractivity contribution in [2.24, 2.45) is 4.99 Å². The first kappa shape index (κ1) is 21.9. The molecule has 34 heavy (non-hydrogen) atoms. The standard InChI is InChI=1S/C29H25N3OS/c1-20-8-7-10-22(16-20)18-32-19-23(24-11-4-6-13-27(24)32)17-30-29-25(14-15-34-29)28(33)31-26-12-5-3-9-21(26)2/h3-17,19H,18H2,1-2H3,(H,31,33)/b30-17+. The Labute approximate surface area is 203 Å². The largest absolute Gasteiger partial charge is 0.342 e. The van der Waals surface area contributed by atoms with Crippen LogP contribution in [0.4, 0.5) is 10.7 Å². The first-order valence-corrected chi connectivity index (χ1v) is 12.1. The SMILES string of the molecule is Cc1cccc(Cn2cc(/C=N/c3sccc3C(=O)Nc3ccccc3C)c3ccccc32)c1. The molecule has 0 unspecified atom stereocenters. The molecule has 0 saturated heterocycles. The van der Waals surface area contributed by atoms with Crippen LogP contribution in [0.15, 0.2) is 95.4 Å². The van der Waals surface area contributed by atoms with Gasteiger partial charge in [-0.3, -0.25) is 4.79 Å². The van der Waals surface area contributed by atoms with Gasteiger partial charge in [-0.2, -0.15) is 0 Å². The summed E-state index contributed by atoms with van der Waals surface area (Å²) < 4.78 is 2.26. The molecule has 0 spiro atoms. The number of aliphatic imine (C=N–C) groups is 1. The number of nitrogens with one attached hydrogen (secondary N) is 1. The van der Waals surface area contributed by atoms with Crippen molar-refractivity contribution in [3.8, 4) is 0 Å². The van der Waals surface area contributed by atoms with Crippen molar-refractivity contribution in [1.82, 2.24) is 4.57 Å². The molecule has 0 bridgehead atoms. The number of aryl methyl sites for hydroxylation is 2. The van der Waals surface area contributed by atoms with Gasteiger partial charge in [-0.15, -0.1) is 11.3 Å². The molecule has 3 aromatic carbocycles. The smallest absolute Gasteiger partial charge is 0.258 e. The summed E-state index contributed by atoms with van der Waals surface area (Å²) in [6.45, 7) is 4.89. The Morgan fingerprint density at radius 1 is 1.00 bits per heavy atom. The second-order valence-electron chi connectivity index (χ2n) is 8.39. The Balaban J connectivity index is 1.43. The maximum absolute atomic E-state index is 12.9. The van der Waals surface area contributed by atoms with E-state index in [0.29, 0.717) is 10.6 Å². The number of benzene rings is 3. The minimum atomic E-state index is -0.149. The van der Waals surface area contributed by atoms with Gasteiger partial charge in [0.2, 0.25) is 0 Å². The van der Waals surface area contributed by atoms with Crippen LogP contribution in [0, 0.1) is 13.8 Å². The van der Waals surface area contributed by atoms with Gasteiger partial charge in [-0.05, 0) is 48.6 Å². The van der Waals surface area contributed by atoms with Crippen molar-refractivity contribution in [2.75, 3.05) is 5.32 Å². The fraction of sp³-hybridized carbons (Fsp3) is 0.103. The number of hydrogen-bond donors (Lipinski definition) is 1. The quantitative estimate of drug-likeness (QED) is 0.263. The van der Waals surface area contributed by atoms with E-state index in [4.69, 9.17) is 4.99 Å². The highest BCUT2D eigenvalue weighted by Crippen LogP contribution is 2.29. The second-order valence-corrected chi connectivity index (χ2v) is 9.28. The van der Waals surface area contributed by atoms with Gasteiger partial charge in [0.15, 0.2) is 0 Å². The highest BCUT2D eigenvalue weighted by molar-refractivity contribution is 7.14. The number of carbonyl (C=O) groups excluding carboxylic acids is 1. The lowest BCUT2D eigenvalue weighted by molar-refractivity contribution is 0.102. The number of anilines is 1. The zero-order chi connectivity index (χ0) is 23.5. The molecule has 0 radical (unpaired) electrons. The first-order valence-electron chi connectivity index (χ1n) is 11.2. The lowest BCUT2D eigenvalue weighted by Crippen LogP contribution is -2.11. The van der Waals surface area contributed by atoms with E-state index in [0.717, 1.165) is 34.3 Å². The van der Waals surface area contributed by atoms with Crippen LogP contribution in [0.2, 0.25) is 0 Å².